The minimum absolute atomic E-state index is 0.191. The lowest BCUT2D eigenvalue weighted by Crippen LogP contribution is -2.19. The highest BCUT2D eigenvalue weighted by Crippen LogP contribution is 2.24. The van der Waals surface area contributed by atoms with Crippen molar-refractivity contribution in [1.29, 1.82) is 0 Å². The summed E-state index contributed by atoms with van der Waals surface area (Å²) in [5.41, 5.74) is 1.51. The minimum Gasteiger partial charge on any atom is -0.359 e. The monoisotopic (exact) mass is 378 g/mol. The van der Waals surface area contributed by atoms with Crippen molar-refractivity contribution in [3.8, 4) is 0 Å². The van der Waals surface area contributed by atoms with Gasteiger partial charge in [0.25, 0.3) is 5.91 Å². The molecule has 0 unspecified atom stereocenters. The van der Waals surface area contributed by atoms with Crippen molar-refractivity contribution >= 4 is 29.1 Å². The Morgan fingerprint density at radius 2 is 1.46 bits per heavy atom. The number of anilines is 3. The van der Waals surface area contributed by atoms with Gasteiger partial charge < -0.3 is 20.5 Å². The number of rotatable bonds is 4. The Hall–Kier alpha value is -3.61. The molecule has 0 radical (unpaired) electrons. The summed E-state index contributed by atoms with van der Waals surface area (Å²) >= 11 is 0. The van der Waals surface area contributed by atoms with Crippen LogP contribution < -0.4 is 16.0 Å². The number of amides is 3. The summed E-state index contributed by atoms with van der Waals surface area (Å²) in [7, 11) is 0. The maximum atomic E-state index is 12.4. The Kier molecular flexibility index (Phi) is 5.44. The first-order valence-corrected chi connectivity index (χ1v) is 8.83. The van der Waals surface area contributed by atoms with Crippen LogP contribution in [0.2, 0.25) is 0 Å². The number of carbonyl (C=O) groups excluding carboxylic acids is 2. The molecule has 3 amide bonds. The first-order valence-electron chi connectivity index (χ1n) is 8.83. The summed E-state index contributed by atoms with van der Waals surface area (Å²) in [6.07, 6.45) is 0. The van der Waals surface area contributed by atoms with Crippen molar-refractivity contribution < 1.29 is 14.1 Å². The number of urea groups is 1. The molecule has 0 bridgehead atoms. The molecule has 0 atom stereocenters. The fourth-order valence-corrected chi connectivity index (χ4v) is 2.40. The van der Waals surface area contributed by atoms with E-state index in [1.165, 1.54) is 0 Å². The fourth-order valence-electron chi connectivity index (χ4n) is 2.40. The van der Waals surface area contributed by atoms with E-state index in [1.54, 1.807) is 42.5 Å². The van der Waals surface area contributed by atoms with Crippen LogP contribution in [0.25, 0.3) is 0 Å². The quantitative estimate of drug-likeness (QED) is 0.603. The topological polar surface area (TPSA) is 96.3 Å². The van der Waals surface area contributed by atoms with E-state index in [9.17, 15) is 9.59 Å². The zero-order chi connectivity index (χ0) is 20.1. The normalized spacial score (nSPS) is 11.0. The van der Waals surface area contributed by atoms with Crippen molar-refractivity contribution in [1.82, 2.24) is 5.16 Å². The summed E-state index contributed by atoms with van der Waals surface area (Å²) in [6, 6.07) is 17.0. The molecular weight excluding hydrogens is 356 g/mol. The van der Waals surface area contributed by atoms with Gasteiger partial charge in [0.1, 0.15) is 5.76 Å². The standard InChI is InChI=1S/C21H22N4O3/c1-21(2,3)17-13-18(25-28-17)24-19(26)14-9-11-16(12-10-14)23-20(27)22-15-7-5-4-6-8-15/h4-13H,1-3H3,(H2,22,23,27)(H,24,25,26). The van der Waals surface area contributed by atoms with Gasteiger partial charge in [0, 0.05) is 28.4 Å². The number of para-hydroxylation sites is 1. The van der Waals surface area contributed by atoms with Crippen LogP contribution in [0.4, 0.5) is 22.0 Å². The van der Waals surface area contributed by atoms with Gasteiger partial charge in [0.05, 0.1) is 0 Å². The predicted octanol–water partition coefficient (Wildman–Crippen LogP) is 4.87. The number of hydrogen-bond acceptors (Lipinski definition) is 4. The van der Waals surface area contributed by atoms with Crippen LogP contribution in [0.3, 0.4) is 0 Å². The first kappa shape index (κ1) is 19.2. The molecule has 3 N–H and O–H groups in total. The molecule has 0 spiro atoms. The van der Waals surface area contributed by atoms with Crippen LogP contribution in [0.1, 0.15) is 36.9 Å². The predicted molar refractivity (Wildman–Crippen MR) is 109 cm³/mol. The lowest BCUT2D eigenvalue weighted by molar-refractivity contribution is 0.102. The second-order valence-electron chi connectivity index (χ2n) is 7.30. The summed E-state index contributed by atoms with van der Waals surface area (Å²) in [6.45, 7) is 6.00. The maximum Gasteiger partial charge on any atom is 0.323 e. The van der Waals surface area contributed by atoms with Crippen molar-refractivity contribution in [2.45, 2.75) is 26.2 Å². The third-order valence-electron chi connectivity index (χ3n) is 3.93. The molecule has 3 rings (SSSR count). The number of carbonyl (C=O) groups is 2. The van der Waals surface area contributed by atoms with E-state index in [-0.39, 0.29) is 17.4 Å². The number of benzene rings is 2. The van der Waals surface area contributed by atoms with E-state index in [4.69, 9.17) is 4.52 Å². The van der Waals surface area contributed by atoms with E-state index in [0.717, 1.165) is 0 Å². The summed E-state index contributed by atoms with van der Waals surface area (Å²) in [4.78, 5) is 24.4. The minimum atomic E-state index is -0.360. The van der Waals surface area contributed by atoms with Gasteiger partial charge >= 0.3 is 6.03 Å². The van der Waals surface area contributed by atoms with E-state index in [1.807, 2.05) is 39.0 Å². The fraction of sp³-hybridized carbons (Fsp3) is 0.190. The second kappa shape index (κ2) is 7.96. The largest absolute Gasteiger partial charge is 0.359 e. The molecular formula is C21H22N4O3. The SMILES string of the molecule is CC(C)(C)c1cc(NC(=O)c2ccc(NC(=O)Nc3ccccc3)cc2)no1. The number of nitrogens with one attached hydrogen (secondary N) is 3. The molecule has 1 aromatic heterocycles. The van der Waals surface area contributed by atoms with Crippen molar-refractivity contribution in [3.05, 3.63) is 72.0 Å². The number of aromatic nitrogens is 1. The third kappa shape index (κ3) is 4.97. The summed E-state index contributed by atoms with van der Waals surface area (Å²) in [5, 5.41) is 12.0. The van der Waals surface area contributed by atoms with E-state index >= 15 is 0 Å². The second-order valence-corrected chi connectivity index (χ2v) is 7.30. The highest BCUT2D eigenvalue weighted by atomic mass is 16.5. The molecule has 7 heteroatoms. The molecule has 3 aromatic rings. The average molecular weight is 378 g/mol. The Morgan fingerprint density at radius 3 is 2.04 bits per heavy atom. The Labute approximate surface area is 163 Å². The first-order chi connectivity index (χ1) is 13.3. The molecule has 0 saturated heterocycles. The van der Waals surface area contributed by atoms with Crippen LogP contribution in [-0.2, 0) is 5.41 Å². The molecule has 144 valence electrons. The van der Waals surface area contributed by atoms with Crippen LogP contribution in [-0.4, -0.2) is 17.1 Å². The van der Waals surface area contributed by atoms with Gasteiger partial charge in [0.2, 0.25) is 0 Å². The van der Waals surface area contributed by atoms with Crippen LogP contribution in [0.15, 0.2) is 65.2 Å². The van der Waals surface area contributed by atoms with Gasteiger partial charge in [-0.2, -0.15) is 0 Å². The molecule has 0 aliphatic carbocycles. The van der Waals surface area contributed by atoms with Gasteiger partial charge in [-0.1, -0.05) is 44.1 Å². The van der Waals surface area contributed by atoms with E-state index in [2.05, 4.69) is 21.1 Å². The van der Waals surface area contributed by atoms with Gasteiger partial charge in [0.15, 0.2) is 5.82 Å². The maximum absolute atomic E-state index is 12.4. The number of hydrogen-bond donors (Lipinski definition) is 3. The Balaban J connectivity index is 1.58. The van der Waals surface area contributed by atoms with Crippen molar-refractivity contribution in [2.24, 2.45) is 0 Å². The Morgan fingerprint density at radius 1 is 0.857 bits per heavy atom. The van der Waals surface area contributed by atoms with E-state index < -0.39 is 0 Å². The lowest BCUT2D eigenvalue weighted by atomic mass is 9.93. The molecule has 2 aromatic carbocycles. The van der Waals surface area contributed by atoms with E-state index in [0.29, 0.717) is 28.5 Å². The highest BCUT2D eigenvalue weighted by Gasteiger charge is 2.20. The summed E-state index contributed by atoms with van der Waals surface area (Å²) < 4.78 is 5.26. The molecule has 0 saturated carbocycles. The lowest BCUT2D eigenvalue weighted by Gasteiger charge is -2.12. The Bertz CT molecular complexity index is 957. The van der Waals surface area contributed by atoms with Gasteiger partial charge in [-0.15, -0.1) is 0 Å². The third-order valence-corrected chi connectivity index (χ3v) is 3.93. The van der Waals surface area contributed by atoms with Gasteiger partial charge in [-0.05, 0) is 36.4 Å². The highest BCUT2D eigenvalue weighted by molar-refractivity contribution is 6.04. The summed E-state index contributed by atoms with van der Waals surface area (Å²) in [5.74, 6) is 0.736. The van der Waals surface area contributed by atoms with Crippen molar-refractivity contribution in [2.75, 3.05) is 16.0 Å². The molecule has 7 nitrogen and oxygen atoms in total. The zero-order valence-electron chi connectivity index (χ0n) is 15.9. The van der Waals surface area contributed by atoms with Gasteiger partial charge in [-0.25, -0.2) is 4.79 Å². The molecule has 0 aliphatic heterocycles. The van der Waals surface area contributed by atoms with Crippen molar-refractivity contribution in [3.63, 3.8) is 0 Å². The van der Waals surface area contributed by atoms with Crippen LogP contribution >= 0.6 is 0 Å². The smallest absolute Gasteiger partial charge is 0.323 e. The number of nitrogens with zero attached hydrogens (tertiary/aromatic N) is 1. The van der Waals surface area contributed by atoms with Crippen LogP contribution in [0, 0.1) is 0 Å². The molecule has 0 aliphatic rings. The zero-order valence-corrected chi connectivity index (χ0v) is 15.9. The average Bonchev–Trinajstić information content (AvgIpc) is 3.12. The van der Waals surface area contributed by atoms with Gasteiger partial charge in [-0.3, -0.25) is 4.79 Å². The molecule has 0 fully saturated rings. The molecule has 28 heavy (non-hydrogen) atoms. The van der Waals surface area contributed by atoms with Crippen LogP contribution in [0.5, 0.6) is 0 Å². The molecule has 1 heterocycles.